The molecule has 4 rings (SSSR count). The van der Waals surface area contributed by atoms with Crippen molar-refractivity contribution in [3.05, 3.63) is 36.4 Å². The van der Waals surface area contributed by atoms with E-state index in [0.29, 0.717) is 48.3 Å². The Bertz CT molecular complexity index is 1080. The molecule has 0 N–H and O–H groups in total. The van der Waals surface area contributed by atoms with Gasteiger partial charge >= 0.3 is 0 Å². The molecule has 0 bridgehead atoms. The van der Waals surface area contributed by atoms with Crippen LogP contribution in [0.2, 0.25) is 0 Å². The van der Waals surface area contributed by atoms with E-state index in [2.05, 4.69) is 25.1 Å². The lowest BCUT2D eigenvalue weighted by Gasteiger charge is -2.34. The molecule has 0 aliphatic carbocycles. The fourth-order valence-electron chi connectivity index (χ4n) is 3.38. The number of anilines is 1. The molecule has 0 unspecified atom stereocenters. The van der Waals surface area contributed by atoms with Crippen LogP contribution in [0.4, 0.5) is 5.82 Å². The molecule has 148 valence electrons. The molecule has 0 amide bonds. The average Bonchev–Trinajstić information content (AvgIpc) is 3.31. The Hall–Kier alpha value is -2.86. The molecule has 0 radical (unpaired) electrons. The Morgan fingerprint density at radius 3 is 2.32 bits per heavy atom. The topological polar surface area (TPSA) is 115 Å². The molecule has 0 aromatic carbocycles. The lowest BCUT2D eigenvalue weighted by atomic mass is 10.3. The molecule has 11 nitrogen and oxygen atoms in total. The zero-order valence-corrected chi connectivity index (χ0v) is 16.7. The molecule has 1 aliphatic rings. The van der Waals surface area contributed by atoms with Gasteiger partial charge in [-0.05, 0) is 13.8 Å². The van der Waals surface area contributed by atoms with Gasteiger partial charge in [0.15, 0.2) is 5.82 Å². The molecule has 1 aliphatic heterocycles. The summed E-state index contributed by atoms with van der Waals surface area (Å²) >= 11 is 0. The van der Waals surface area contributed by atoms with Gasteiger partial charge in [-0.15, -0.1) is 0 Å². The van der Waals surface area contributed by atoms with Crippen molar-refractivity contribution < 1.29 is 8.42 Å². The van der Waals surface area contributed by atoms with Crippen LogP contribution < -0.4 is 4.90 Å². The second-order valence-electron chi connectivity index (χ2n) is 6.59. The highest BCUT2D eigenvalue weighted by Gasteiger charge is 2.33. The second-order valence-corrected chi connectivity index (χ2v) is 8.46. The van der Waals surface area contributed by atoms with Gasteiger partial charge in [0, 0.05) is 39.3 Å². The van der Waals surface area contributed by atoms with Crippen LogP contribution in [0.25, 0.3) is 5.82 Å². The first kappa shape index (κ1) is 18.5. The molecule has 28 heavy (non-hydrogen) atoms. The van der Waals surface area contributed by atoms with Gasteiger partial charge < -0.3 is 4.90 Å². The van der Waals surface area contributed by atoms with E-state index >= 15 is 0 Å². The minimum atomic E-state index is -3.58. The number of sulfonamides is 1. The van der Waals surface area contributed by atoms with Gasteiger partial charge in [0.2, 0.25) is 10.0 Å². The highest BCUT2D eigenvalue weighted by molar-refractivity contribution is 7.89. The first-order valence-electron chi connectivity index (χ1n) is 8.80. The summed E-state index contributed by atoms with van der Waals surface area (Å²) in [5, 5.41) is 8.31. The van der Waals surface area contributed by atoms with E-state index in [1.165, 1.54) is 17.0 Å². The highest BCUT2D eigenvalue weighted by atomic mass is 32.2. The number of aryl methyl sites for hydroxylation is 2. The Labute approximate surface area is 162 Å². The quantitative estimate of drug-likeness (QED) is 0.594. The monoisotopic (exact) mass is 403 g/mol. The van der Waals surface area contributed by atoms with Crippen LogP contribution in [0.15, 0.2) is 29.9 Å². The summed E-state index contributed by atoms with van der Waals surface area (Å²) in [5.41, 5.74) is 1.17. The molecular formula is C16H21N9O2S. The maximum atomic E-state index is 13.1. The van der Waals surface area contributed by atoms with Crippen LogP contribution in [0, 0.1) is 13.8 Å². The lowest BCUT2D eigenvalue weighted by Crippen LogP contribution is -2.49. The van der Waals surface area contributed by atoms with Crippen molar-refractivity contribution in [2.24, 2.45) is 7.05 Å². The van der Waals surface area contributed by atoms with Crippen molar-refractivity contribution in [1.82, 2.24) is 38.8 Å². The fourth-order valence-corrected chi connectivity index (χ4v) is 5.20. The largest absolute Gasteiger partial charge is 0.354 e. The Kier molecular flexibility index (Phi) is 4.59. The normalized spacial score (nSPS) is 15.9. The molecule has 0 saturated carbocycles. The van der Waals surface area contributed by atoms with Gasteiger partial charge in [0.05, 0.1) is 11.4 Å². The first-order chi connectivity index (χ1) is 13.4. The van der Waals surface area contributed by atoms with E-state index in [1.54, 1.807) is 36.6 Å². The third-order valence-corrected chi connectivity index (χ3v) is 7.05. The third-order valence-electron chi connectivity index (χ3n) is 4.89. The van der Waals surface area contributed by atoms with E-state index < -0.39 is 10.0 Å². The number of nitrogens with zero attached hydrogens (tertiary/aromatic N) is 9. The van der Waals surface area contributed by atoms with Crippen LogP contribution in [-0.2, 0) is 17.1 Å². The van der Waals surface area contributed by atoms with Crippen LogP contribution in [-0.4, -0.2) is 73.4 Å². The molecule has 1 fully saturated rings. The summed E-state index contributed by atoms with van der Waals surface area (Å²) in [5.74, 6) is 1.34. The van der Waals surface area contributed by atoms with Crippen molar-refractivity contribution >= 4 is 15.8 Å². The second kappa shape index (κ2) is 6.95. The van der Waals surface area contributed by atoms with E-state index in [4.69, 9.17) is 0 Å². The number of hydrogen-bond donors (Lipinski definition) is 0. The van der Waals surface area contributed by atoms with Crippen molar-refractivity contribution in [2.75, 3.05) is 31.1 Å². The molecule has 12 heteroatoms. The Morgan fingerprint density at radius 1 is 1.00 bits per heavy atom. The lowest BCUT2D eigenvalue weighted by molar-refractivity contribution is 0.383. The summed E-state index contributed by atoms with van der Waals surface area (Å²) in [7, 11) is -1.83. The summed E-state index contributed by atoms with van der Waals surface area (Å²) < 4.78 is 30.9. The van der Waals surface area contributed by atoms with Crippen LogP contribution in [0.1, 0.15) is 11.4 Å². The van der Waals surface area contributed by atoms with Crippen LogP contribution in [0.3, 0.4) is 0 Å². The molecule has 3 aromatic rings. The predicted molar refractivity (Wildman–Crippen MR) is 101 cm³/mol. The third kappa shape index (κ3) is 3.14. The molecule has 3 aromatic heterocycles. The molecule has 0 atom stereocenters. The minimum absolute atomic E-state index is 0.305. The average molecular weight is 403 g/mol. The zero-order valence-electron chi connectivity index (χ0n) is 15.9. The smallest absolute Gasteiger partial charge is 0.246 e. The Balaban J connectivity index is 1.51. The van der Waals surface area contributed by atoms with Crippen molar-refractivity contribution in [3.8, 4) is 5.82 Å². The van der Waals surface area contributed by atoms with Crippen molar-refractivity contribution in [1.29, 1.82) is 0 Å². The van der Waals surface area contributed by atoms with Crippen molar-refractivity contribution in [2.45, 2.75) is 18.7 Å². The minimum Gasteiger partial charge on any atom is -0.354 e. The summed E-state index contributed by atoms with van der Waals surface area (Å²) in [6.07, 6.45) is 4.47. The maximum Gasteiger partial charge on any atom is 0.246 e. The zero-order chi connectivity index (χ0) is 19.9. The SMILES string of the molecule is Cc1nn(C)c(C)c1S(=O)(=O)N1CCN(c2cc(-n3cncn3)ncn2)CC1. The summed E-state index contributed by atoms with van der Waals surface area (Å²) in [6.45, 7) is 5.31. The van der Waals surface area contributed by atoms with Crippen LogP contribution >= 0.6 is 0 Å². The number of hydrogen-bond acceptors (Lipinski definition) is 8. The van der Waals surface area contributed by atoms with E-state index in [9.17, 15) is 8.42 Å². The maximum absolute atomic E-state index is 13.1. The number of piperazine rings is 1. The predicted octanol–water partition coefficient (Wildman–Crippen LogP) is -0.0815. The highest BCUT2D eigenvalue weighted by Crippen LogP contribution is 2.25. The number of aromatic nitrogens is 7. The van der Waals surface area contributed by atoms with Gasteiger partial charge in [-0.2, -0.15) is 14.5 Å². The standard InChI is InChI=1S/C16H21N9O2S/c1-12-16(13(2)22(3)21-12)28(26,27)24-6-4-23(5-7-24)14-8-15(19-10-18-14)25-11-17-9-20-25/h8-11H,4-7H2,1-3H3. The molecule has 0 spiro atoms. The van der Waals surface area contributed by atoms with Crippen LogP contribution in [0.5, 0.6) is 0 Å². The molecule has 1 saturated heterocycles. The van der Waals surface area contributed by atoms with Gasteiger partial charge in [-0.25, -0.2) is 28.1 Å². The fraction of sp³-hybridized carbons (Fsp3) is 0.438. The van der Waals surface area contributed by atoms with Gasteiger partial charge in [-0.3, -0.25) is 4.68 Å². The first-order valence-corrected chi connectivity index (χ1v) is 10.2. The summed E-state index contributed by atoms with van der Waals surface area (Å²) in [6, 6.07) is 1.81. The summed E-state index contributed by atoms with van der Waals surface area (Å²) in [4.78, 5) is 14.8. The molecule has 4 heterocycles. The molecular weight excluding hydrogens is 382 g/mol. The van der Waals surface area contributed by atoms with Gasteiger partial charge in [0.1, 0.15) is 29.7 Å². The number of rotatable bonds is 4. The van der Waals surface area contributed by atoms with E-state index in [0.717, 1.165) is 5.82 Å². The van der Waals surface area contributed by atoms with Crippen molar-refractivity contribution in [3.63, 3.8) is 0 Å². The van der Waals surface area contributed by atoms with Gasteiger partial charge in [-0.1, -0.05) is 0 Å². The van der Waals surface area contributed by atoms with E-state index in [1.807, 2.05) is 11.0 Å². The van der Waals surface area contributed by atoms with Gasteiger partial charge in [0.25, 0.3) is 0 Å². The Morgan fingerprint density at radius 2 is 1.71 bits per heavy atom. The van der Waals surface area contributed by atoms with E-state index in [-0.39, 0.29) is 0 Å².